The first-order valence-corrected chi connectivity index (χ1v) is 5.27. The Hall–Kier alpha value is -1.29. The summed E-state index contributed by atoms with van der Waals surface area (Å²) in [7, 11) is 1.41. The van der Waals surface area contributed by atoms with E-state index in [1.54, 1.807) is 0 Å². The highest BCUT2D eigenvalue weighted by Crippen LogP contribution is 2.24. The summed E-state index contributed by atoms with van der Waals surface area (Å²) in [4.78, 5) is 11.5. The number of carbonyl (C=O) groups excluding carboxylic acids is 1. The third kappa shape index (κ3) is 1.65. The molecule has 0 saturated carbocycles. The van der Waals surface area contributed by atoms with Crippen LogP contribution in [-0.2, 0) is 24.2 Å². The quantitative estimate of drug-likeness (QED) is 0.740. The summed E-state index contributed by atoms with van der Waals surface area (Å²) in [5, 5.41) is 0. The molecule has 0 aliphatic carbocycles. The number of nitrogens with two attached hydrogens (primary N) is 1. The Morgan fingerprint density at radius 2 is 2.40 bits per heavy atom. The SMILES string of the molecule is COC(=O)c1cc(CN)n2c1CCCC2. The van der Waals surface area contributed by atoms with Gasteiger partial charge in [0.05, 0.1) is 12.7 Å². The zero-order valence-electron chi connectivity index (χ0n) is 8.95. The molecule has 1 aromatic rings. The number of carbonyl (C=O) groups is 1. The number of nitrogens with zero attached hydrogens (tertiary/aromatic N) is 1. The normalized spacial score (nSPS) is 14.8. The molecule has 0 bridgehead atoms. The van der Waals surface area contributed by atoms with E-state index in [0.29, 0.717) is 12.1 Å². The van der Waals surface area contributed by atoms with Crippen LogP contribution in [0.5, 0.6) is 0 Å². The van der Waals surface area contributed by atoms with Gasteiger partial charge in [0, 0.05) is 24.5 Å². The lowest BCUT2D eigenvalue weighted by Crippen LogP contribution is -2.16. The molecule has 1 aromatic heterocycles. The molecule has 0 amide bonds. The molecule has 2 N–H and O–H groups in total. The molecule has 4 heteroatoms. The topological polar surface area (TPSA) is 57.2 Å². The van der Waals surface area contributed by atoms with Crippen molar-refractivity contribution in [2.24, 2.45) is 5.73 Å². The Morgan fingerprint density at radius 3 is 3.07 bits per heavy atom. The highest BCUT2D eigenvalue weighted by Gasteiger charge is 2.21. The lowest BCUT2D eigenvalue weighted by Gasteiger charge is -2.18. The van der Waals surface area contributed by atoms with Crippen molar-refractivity contribution in [1.29, 1.82) is 0 Å². The van der Waals surface area contributed by atoms with E-state index in [-0.39, 0.29) is 5.97 Å². The van der Waals surface area contributed by atoms with Crippen LogP contribution in [0.4, 0.5) is 0 Å². The maximum atomic E-state index is 11.5. The van der Waals surface area contributed by atoms with Gasteiger partial charge >= 0.3 is 5.97 Å². The maximum Gasteiger partial charge on any atom is 0.339 e. The predicted molar refractivity (Wildman–Crippen MR) is 56.6 cm³/mol. The Morgan fingerprint density at radius 1 is 1.60 bits per heavy atom. The van der Waals surface area contributed by atoms with Gasteiger partial charge in [-0.2, -0.15) is 0 Å². The fourth-order valence-electron chi connectivity index (χ4n) is 2.21. The smallest absolute Gasteiger partial charge is 0.339 e. The summed E-state index contributed by atoms with van der Waals surface area (Å²) in [6.07, 6.45) is 3.25. The maximum absolute atomic E-state index is 11.5. The standard InChI is InChI=1S/C11H16N2O2/c1-15-11(14)9-6-8(7-12)13-5-3-2-4-10(9)13/h6H,2-5,7,12H2,1H3. The first kappa shape index (κ1) is 10.2. The zero-order chi connectivity index (χ0) is 10.8. The molecular formula is C11H16N2O2. The third-order valence-electron chi connectivity index (χ3n) is 2.95. The lowest BCUT2D eigenvalue weighted by molar-refractivity contribution is 0.0599. The molecule has 15 heavy (non-hydrogen) atoms. The second-order valence-electron chi connectivity index (χ2n) is 3.80. The van der Waals surface area contributed by atoms with E-state index >= 15 is 0 Å². The van der Waals surface area contributed by atoms with Gasteiger partial charge in [-0.1, -0.05) is 0 Å². The van der Waals surface area contributed by atoms with Gasteiger partial charge in [0.25, 0.3) is 0 Å². The van der Waals surface area contributed by atoms with Crippen molar-refractivity contribution in [2.45, 2.75) is 32.4 Å². The number of ether oxygens (including phenoxy) is 1. The van der Waals surface area contributed by atoms with Crippen molar-refractivity contribution in [3.63, 3.8) is 0 Å². The molecule has 0 spiro atoms. The van der Waals surface area contributed by atoms with Crippen molar-refractivity contribution >= 4 is 5.97 Å². The largest absolute Gasteiger partial charge is 0.465 e. The summed E-state index contributed by atoms with van der Waals surface area (Å²) in [6.45, 7) is 1.45. The molecule has 82 valence electrons. The van der Waals surface area contributed by atoms with Crippen molar-refractivity contribution in [1.82, 2.24) is 4.57 Å². The second kappa shape index (κ2) is 4.06. The average Bonchev–Trinajstić information content (AvgIpc) is 2.67. The highest BCUT2D eigenvalue weighted by molar-refractivity contribution is 5.91. The summed E-state index contributed by atoms with van der Waals surface area (Å²) in [5.41, 5.74) is 8.47. The van der Waals surface area contributed by atoms with E-state index in [4.69, 9.17) is 10.5 Å². The minimum atomic E-state index is -0.250. The second-order valence-corrected chi connectivity index (χ2v) is 3.80. The van der Waals surface area contributed by atoms with E-state index in [9.17, 15) is 4.79 Å². The van der Waals surface area contributed by atoms with Crippen molar-refractivity contribution < 1.29 is 9.53 Å². The van der Waals surface area contributed by atoms with Crippen LogP contribution in [0.2, 0.25) is 0 Å². The molecule has 0 radical (unpaired) electrons. The minimum absolute atomic E-state index is 0.250. The Kier molecular flexibility index (Phi) is 2.77. The molecule has 4 nitrogen and oxygen atoms in total. The van der Waals surface area contributed by atoms with Gasteiger partial charge < -0.3 is 15.0 Å². The molecule has 2 rings (SSSR count). The zero-order valence-corrected chi connectivity index (χ0v) is 8.95. The molecule has 0 aromatic carbocycles. The van der Waals surface area contributed by atoms with Gasteiger partial charge in [0.2, 0.25) is 0 Å². The van der Waals surface area contributed by atoms with Crippen LogP contribution in [0, 0.1) is 0 Å². The molecule has 0 unspecified atom stereocenters. The van der Waals surface area contributed by atoms with Crippen LogP contribution in [0.15, 0.2) is 6.07 Å². The number of methoxy groups -OCH3 is 1. The molecule has 0 fully saturated rings. The Balaban J connectivity index is 2.46. The molecule has 0 saturated heterocycles. The lowest BCUT2D eigenvalue weighted by atomic mass is 10.1. The van der Waals surface area contributed by atoms with Crippen molar-refractivity contribution in [3.8, 4) is 0 Å². The number of rotatable bonds is 2. The number of hydrogen-bond acceptors (Lipinski definition) is 3. The predicted octanol–water partition coefficient (Wildman–Crippen LogP) is 1.07. The van der Waals surface area contributed by atoms with Crippen LogP contribution in [-0.4, -0.2) is 17.6 Å². The van der Waals surface area contributed by atoms with Gasteiger partial charge in [-0.15, -0.1) is 0 Å². The monoisotopic (exact) mass is 208 g/mol. The van der Waals surface area contributed by atoms with Crippen LogP contribution >= 0.6 is 0 Å². The number of hydrogen-bond donors (Lipinski definition) is 1. The summed E-state index contributed by atoms with van der Waals surface area (Å²) in [5.74, 6) is -0.250. The molecule has 0 atom stereocenters. The molecular weight excluding hydrogens is 192 g/mol. The summed E-state index contributed by atoms with van der Waals surface area (Å²) in [6, 6.07) is 1.87. The van der Waals surface area contributed by atoms with Gasteiger partial charge in [-0.25, -0.2) is 4.79 Å². The molecule has 1 aliphatic heterocycles. The van der Waals surface area contributed by atoms with Crippen LogP contribution in [0.1, 0.15) is 34.6 Å². The first-order chi connectivity index (χ1) is 7.27. The number of esters is 1. The van der Waals surface area contributed by atoms with Crippen molar-refractivity contribution in [2.75, 3.05) is 7.11 Å². The van der Waals surface area contributed by atoms with Crippen LogP contribution in [0.25, 0.3) is 0 Å². The average molecular weight is 208 g/mol. The summed E-state index contributed by atoms with van der Waals surface area (Å²) >= 11 is 0. The first-order valence-electron chi connectivity index (χ1n) is 5.27. The van der Waals surface area contributed by atoms with Gasteiger partial charge in [-0.3, -0.25) is 0 Å². The van der Waals surface area contributed by atoms with Crippen LogP contribution in [0.3, 0.4) is 0 Å². The Bertz CT molecular complexity index is 382. The minimum Gasteiger partial charge on any atom is -0.465 e. The van der Waals surface area contributed by atoms with E-state index in [0.717, 1.165) is 37.2 Å². The van der Waals surface area contributed by atoms with Crippen molar-refractivity contribution in [3.05, 3.63) is 23.0 Å². The van der Waals surface area contributed by atoms with E-state index < -0.39 is 0 Å². The van der Waals surface area contributed by atoms with Gasteiger partial charge in [0.15, 0.2) is 0 Å². The third-order valence-corrected chi connectivity index (χ3v) is 2.95. The number of fused-ring (bicyclic) bond motifs is 1. The van der Waals surface area contributed by atoms with Crippen LogP contribution < -0.4 is 5.73 Å². The fourth-order valence-corrected chi connectivity index (χ4v) is 2.21. The highest BCUT2D eigenvalue weighted by atomic mass is 16.5. The molecule has 2 heterocycles. The van der Waals surface area contributed by atoms with E-state index in [1.807, 2.05) is 6.07 Å². The van der Waals surface area contributed by atoms with Gasteiger partial charge in [0.1, 0.15) is 0 Å². The van der Waals surface area contributed by atoms with E-state index in [1.165, 1.54) is 7.11 Å². The number of aromatic nitrogens is 1. The van der Waals surface area contributed by atoms with Gasteiger partial charge in [-0.05, 0) is 25.3 Å². The Labute approximate surface area is 89.0 Å². The van der Waals surface area contributed by atoms with E-state index in [2.05, 4.69) is 4.57 Å². The summed E-state index contributed by atoms with van der Waals surface area (Å²) < 4.78 is 6.93. The molecule has 1 aliphatic rings. The fraction of sp³-hybridized carbons (Fsp3) is 0.545.